The number of nitrogens with one attached hydrogen (secondary N) is 1. The third-order valence-corrected chi connectivity index (χ3v) is 6.47. The highest BCUT2D eigenvalue weighted by atomic mass is 19.1. The predicted octanol–water partition coefficient (Wildman–Crippen LogP) is 5.33. The summed E-state index contributed by atoms with van der Waals surface area (Å²) in [6.45, 7) is 8.62. The van der Waals surface area contributed by atoms with Crippen molar-refractivity contribution in [2.24, 2.45) is 0 Å². The van der Waals surface area contributed by atoms with Gasteiger partial charge in [-0.1, -0.05) is 0 Å². The van der Waals surface area contributed by atoms with Crippen LogP contribution in [0.2, 0.25) is 0 Å². The summed E-state index contributed by atoms with van der Waals surface area (Å²) in [5.41, 5.74) is 3.50. The Labute approximate surface area is 203 Å². The number of ether oxygens (including phenoxy) is 1. The molecule has 1 fully saturated rings. The zero-order chi connectivity index (χ0) is 24.5. The summed E-state index contributed by atoms with van der Waals surface area (Å²) in [6.07, 6.45) is 1.19. The van der Waals surface area contributed by atoms with Crippen molar-refractivity contribution in [3.8, 4) is 11.6 Å². The molecule has 35 heavy (non-hydrogen) atoms. The predicted molar refractivity (Wildman–Crippen MR) is 134 cm³/mol. The summed E-state index contributed by atoms with van der Waals surface area (Å²) in [4.78, 5) is 12.5. The standard InChI is InChI=1S/C26H28F2N6O/c1-4-34-17(2)15-20-21(34)9-10-22(23(20)27)35-26-24(28)25(29-16-30-26)31-18-5-7-19(8-6-18)33-13-11-32(3)12-14-33/h5-10,15-16H,4,11-14H2,1-3H3,(H,29,30,31). The molecule has 1 N–H and O–H groups in total. The van der Waals surface area contributed by atoms with Crippen molar-refractivity contribution in [1.29, 1.82) is 0 Å². The van der Waals surface area contributed by atoms with E-state index in [9.17, 15) is 0 Å². The second-order valence-electron chi connectivity index (χ2n) is 8.75. The molecule has 0 amide bonds. The van der Waals surface area contributed by atoms with Gasteiger partial charge in [0.1, 0.15) is 6.33 Å². The van der Waals surface area contributed by atoms with Crippen molar-refractivity contribution in [2.45, 2.75) is 20.4 Å². The third-order valence-electron chi connectivity index (χ3n) is 6.47. The first-order chi connectivity index (χ1) is 16.9. The Balaban J connectivity index is 1.34. The lowest BCUT2D eigenvalue weighted by Crippen LogP contribution is -2.44. The second kappa shape index (κ2) is 9.50. The number of benzene rings is 2. The molecule has 0 unspecified atom stereocenters. The van der Waals surface area contributed by atoms with Crippen LogP contribution in [0, 0.1) is 18.6 Å². The summed E-state index contributed by atoms with van der Waals surface area (Å²) < 4.78 is 37.9. The highest BCUT2D eigenvalue weighted by molar-refractivity contribution is 5.83. The van der Waals surface area contributed by atoms with E-state index in [4.69, 9.17) is 4.74 Å². The molecular weight excluding hydrogens is 450 g/mol. The minimum atomic E-state index is -0.794. The number of anilines is 3. The van der Waals surface area contributed by atoms with E-state index in [-0.39, 0.29) is 17.4 Å². The molecule has 1 aliphatic rings. The monoisotopic (exact) mass is 478 g/mol. The normalized spacial score (nSPS) is 14.5. The maximum absolute atomic E-state index is 15.2. The van der Waals surface area contributed by atoms with Crippen LogP contribution in [0.4, 0.5) is 26.0 Å². The van der Waals surface area contributed by atoms with Crippen LogP contribution >= 0.6 is 0 Å². The van der Waals surface area contributed by atoms with Gasteiger partial charge in [0, 0.05) is 55.2 Å². The van der Waals surface area contributed by atoms with E-state index >= 15 is 8.78 Å². The van der Waals surface area contributed by atoms with Crippen LogP contribution in [0.5, 0.6) is 11.6 Å². The molecule has 3 heterocycles. The number of rotatable bonds is 6. The van der Waals surface area contributed by atoms with Crippen LogP contribution in [-0.2, 0) is 6.54 Å². The Hall–Kier alpha value is -3.72. The van der Waals surface area contributed by atoms with Gasteiger partial charge in [-0.15, -0.1) is 0 Å². The molecule has 2 aromatic carbocycles. The molecule has 7 nitrogen and oxygen atoms in total. The molecule has 0 radical (unpaired) electrons. The fraction of sp³-hybridized carbons (Fsp3) is 0.308. The van der Waals surface area contributed by atoms with Crippen LogP contribution in [0.3, 0.4) is 0 Å². The zero-order valence-electron chi connectivity index (χ0n) is 20.1. The summed E-state index contributed by atoms with van der Waals surface area (Å²) >= 11 is 0. The number of aryl methyl sites for hydroxylation is 2. The van der Waals surface area contributed by atoms with Crippen molar-refractivity contribution in [3.63, 3.8) is 0 Å². The molecule has 0 spiro atoms. The Morgan fingerprint density at radius 3 is 2.43 bits per heavy atom. The number of hydrogen-bond acceptors (Lipinski definition) is 6. The van der Waals surface area contributed by atoms with E-state index in [2.05, 4.69) is 32.1 Å². The van der Waals surface area contributed by atoms with Gasteiger partial charge in [-0.25, -0.2) is 9.37 Å². The zero-order valence-corrected chi connectivity index (χ0v) is 20.1. The van der Waals surface area contributed by atoms with Crippen LogP contribution < -0.4 is 15.0 Å². The van der Waals surface area contributed by atoms with Gasteiger partial charge < -0.3 is 24.4 Å². The average Bonchev–Trinajstić information content (AvgIpc) is 3.20. The Morgan fingerprint density at radius 2 is 1.71 bits per heavy atom. The summed E-state index contributed by atoms with van der Waals surface area (Å²) in [7, 11) is 2.12. The minimum Gasteiger partial charge on any atom is -0.433 e. The van der Waals surface area contributed by atoms with Gasteiger partial charge in [-0.2, -0.15) is 9.37 Å². The molecule has 0 aliphatic carbocycles. The Bertz CT molecular complexity index is 1350. The number of aromatic nitrogens is 3. The van der Waals surface area contributed by atoms with Gasteiger partial charge in [-0.05, 0) is 63.4 Å². The quantitative estimate of drug-likeness (QED) is 0.405. The maximum Gasteiger partial charge on any atom is 0.261 e. The van der Waals surface area contributed by atoms with Crippen LogP contribution in [0.25, 0.3) is 10.9 Å². The van der Waals surface area contributed by atoms with Crippen molar-refractivity contribution in [1.82, 2.24) is 19.4 Å². The van der Waals surface area contributed by atoms with Gasteiger partial charge in [0.25, 0.3) is 5.88 Å². The molecule has 4 aromatic rings. The molecule has 2 aromatic heterocycles. The van der Waals surface area contributed by atoms with E-state index in [1.165, 1.54) is 12.4 Å². The minimum absolute atomic E-state index is 0.0446. The first-order valence-corrected chi connectivity index (χ1v) is 11.7. The number of hydrogen-bond donors (Lipinski definition) is 1. The molecule has 0 atom stereocenters. The van der Waals surface area contributed by atoms with Gasteiger partial charge in [0.2, 0.25) is 5.82 Å². The van der Waals surface area contributed by atoms with E-state index in [1.807, 2.05) is 42.7 Å². The van der Waals surface area contributed by atoms with E-state index in [0.717, 1.165) is 49.6 Å². The third kappa shape index (κ3) is 4.51. The van der Waals surface area contributed by atoms with E-state index in [1.54, 1.807) is 12.1 Å². The first-order valence-electron chi connectivity index (χ1n) is 11.7. The van der Waals surface area contributed by atoms with Crippen molar-refractivity contribution in [3.05, 3.63) is 66.1 Å². The van der Waals surface area contributed by atoms with E-state index < -0.39 is 11.6 Å². The Morgan fingerprint density at radius 1 is 0.971 bits per heavy atom. The largest absolute Gasteiger partial charge is 0.433 e. The van der Waals surface area contributed by atoms with Gasteiger partial charge in [-0.3, -0.25) is 0 Å². The lowest BCUT2D eigenvalue weighted by atomic mass is 10.2. The topological polar surface area (TPSA) is 58.5 Å². The number of fused-ring (bicyclic) bond motifs is 1. The van der Waals surface area contributed by atoms with Gasteiger partial charge in [0.15, 0.2) is 17.4 Å². The number of halogens is 2. The number of nitrogens with zero attached hydrogens (tertiary/aromatic N) is 5. The van der Waals surface area contributed by atoms with Crippen LogP contribution in [-0.4, -0.2) is 52.7 Å². The highest BCUT2D eigenvalue weighted by Gasteiger charge is 2.19. The summed E-state index contributed by atoms with van der Waals surface area (Å²) in [5, 5.41) is 3.39. The Kier molecular flexibility index (Phi) is 6.25. The lowest BCUT2D eigenvalue weighted by Gasteiger charge is -2.34. The summed E-state index contributed by atoms with van der Waals surface area (Å²) in [6, 6.07) is 12.8. The first kappa shape index (κ1) is 23.0. The molecule has 0 bridgehead atoms. The smallest absolute Gasteiger partial charge is 0.261 e. The number of likely N-dealkylation sites (N-methyl/N-ethyl adjacent to an activating group) is 1. The molecule has 9 heteroatoms. The van der Waals surface area contributed by atoms with Gasteiger partial charge in [0.05, 0.1) is 5.52 Å². The molecule has 5 rings (SSSR count). The van der Waals surface area contributed by atoms with Crippen molar-refractivity contribution < 1.29 is 13.5 Å². The molecule has 1 aliphatic heterocycles. The fourth-order valence-corrected chi connectivity index (χ4v) is 4.48. The molecule has 0 saturated carbocycles. The van der Waals surface area contributed by atoms with Crippen molar-refractivity contribution in [2.75, 3.05) is 43.4 Å². The molecule has 1 saturated heterocycles. The second-order valence-corrected chi connectivity index (χ2v) is 8.75. The lowest BCUT2D eigenvalue weighted by molar-refractivity contribution is 0.313. The van der Waals surface area contributed by atoms with E-state index in [0.29, 0.717) is 11.1 Å². The number of piperazine rings is 1. The molecule has 182 valence electrons. The maximum atomic E-state index is 15.2. The molecular formula is C26H28F2N6O. The van der Waals surface area contributed by atoms with Crippen LogP contribution in [0.1, 0.15) is 12.6 Å². The SMILES string of the molecule is CCn1c(C)cc2c(F)c(Oc3ncnc(Nc4ccc(N5CCN(C)CC5)cc4)c3F)ccc21. The highest BCUT2D eigenvalue weighted by Crippen LogP contribution is 2.33. The van der Waals surface area contributed by atoms with Crippen molar-refractivity contribution >= 4 is 28.1 Å². The fourth-order valence-electron chi connectivity index (χ4n) is 4.48. The summed E-state index contributed by atoms with van der Waals surface area (Å²) in [5.74, 6) is -1.83. The van der Waals surface area contributed by atoms with Gasteiger partial charge >= 0.3 is 0 Å². The average molecular weight is 479 g/mol. The van der Waals surface area contributed by atoms with Crippen LogP contribution in [0.15, 0.2) is 48.8 Å².